The van der Waals surface area contributed by atoms with E-state index < -0.39 is 0 Å². The highest BCUT2D eigenvalue weighted by Gasteiger charge is 2.28. The number of methoxy groups -OCH3 is 1. The van der Waals surface area contributed by atoms with Crippen molar-refractivity contribution in [3.63, 3.8) is 0 Å². The molecule has 2 aliphatic heterocycles. The second-order valence-electron chi connectivity index (χ2n) is 12.2. The molecule has 0 aliphatic carbocycles. The Morgan fingerprint density at radius 1 is 1.04 bits per heavy atom. The standard InChI is InChI=1S/C37H37FN4O3S2/c1-5-32(43)42-14-11-29-31(21-42)47-37(39-29)35-33(27-9-8-26(38)19-30(27)45-16-15-44-4)36-28(12-17-46-36)34(40-35)24-6-7-25-20-41(22(2)3)13-10-23(25)18-24/h5-9,12,17-19,22H,1,10-11,13-16,20-21H2,2-4H3. The van der Waals surface area contributed by atoms with Gasteiger partial charge in [-0.05, 0) is 67.1 Å². The Kier molecular flexibility index (Phi) is 8.93. The highest BCUT2D eigenvalue weighted by molar-refractivity contribution is 7.18. The maximum absolute atomic E-state index is 14.7. The Morgan fingerprint density at radius 3 is 2.72 bits per heavy atom. The number of thiazole rings is 1. The Bertz CT molecular complexity index is 1980. The molecule has 7 rings (SSSR count). The molecule has 2 aromatic carbocycles. The first-order valence-corrected chi connectivity index (χ1v) is 17.6. The third-order valence-corrected chi connectivity index (χ3v) is 11.1. The average Bonchev–Trinajstić information content (AvgIpc) is 3.75. The van der Waals surface area contributed by atoms with Gasteiger partial charge in [-0.25, -0.2) is 14.4 Å². The number of ether oxygens (including phenoxy) is 2. The van der Waals surface area contributed by atoms with E-state index in [9.17, 15) is 9.18 Å². The summed E-state index contributed by atoms with van der Waals surface area (Å²) in [5.74, 6) is -0.0311. The molecule has 0 bridgehead atoms. The number of nitrogens with zero attached hydrogens (tertiary/aromatic N) is 4. The first-order chi connectivity index (χ1) is 22.8. The van der Waals surface area contributed by atoms with Crippen LogP contribution in [0.5, 0.6) is 5.75 Å². The van der Waals surface area contributed by atoms with Gasteiger partial charge in [-0.3, -0.25) is 9.69 Å². The largest absolute Gasteiger partial charge is 0.490 e. The van der Waals surface area contributed by atoms with E-state index in [4.69, 9.17) is 19.4 Å². The van der Waals surface area contributed by atoms with Crippen molar-refractivity contribution in [3.8, 4) is 38.8 Å². The van der Waals surface area contributed by atoms with Gasteiger partial charge in [-0.15, -0.1) is 22.7 Å². The SMILES string of the molecule is C=CC(=O)N1CCc2nc(-c3nc(-c4ccc5c(c4)CCN(C(C)C)C5)c4ccsc4c3-c3ccc(F)cc3OCCOC)sc2C1. The minimum Gasteiger partial charge on any atom is -0.490 e. The maximum Gasteiger partial charge on any atom is 0.246 e. The zero-order chi connectivity index (χ0) is 32.7. The van der Waals surface area contributed by atoms with Gasteiger partial charge in [0, 0.05) is 76.9 Å². The van der Waals surface area contributed by atoms with Crippen LogP contribution in [0.25, 0.3) is 43.2 Å². The summed E-state index contributed by atoms with van der Waals surface area (Å²) >= 11 is 3.20. The minimum atomic E-state index is -0.378. The van der Waals surface area contributed by atoms with Crippen LogP contribution in [0.4, 0.5) is 4.39 Å². The number of pyridine rings is 1. The van der Waals surface area contributed by atoms with E-state index in [1.165, 1.54) is 29.3 Å². The summed E-state index contributed by atoms with van der Waals surface area (Å²) in [6, 6.07) is 14.0. The average molecular weight is 669 g/mol. The summed E-state index contributed by atoms with van der Waals surface area (Å²) in [5.41, 5.74) is 8.01. The molecule has 2 aliphatic rings. The summed E-state index contributed by atoms with van der Waals surface area (Å²) < 4.78 is 27.0. The highest BCUT2D eigenvalue weighted by atomic mass is 32.1. The molecular formula is C37H37FN4O3S2. The van der Waals surface area contributed by atoms with Crippen LogP contribution in [-0.2, 0) is 35.5 Å². The Labute approximate surface area is 282 Å². The van der Waals surface area contributed by atoms with Crippen molar-refractivity contribution in [1.82, 2.24) is 19.8 Å². The van der Waals surface area contributed by atoms with Gasteiger partial charge in [-0.2, -0.15) is 0 Å². The normalized spacial score (nSPS) is 14.8. The Morgan fingerprint density at radius 2 is 1.91 bits per heavy atom. The van der Waals surface area contributed by atoms with E-state index in [0.29, 0.717) is 37.9 Å². The lowest BCUT2D eigenvalue weighted by Crippen LogP contribution is -2.35. The second kappa shape index (κ2) is 13.3. The lowest BCUT2D eigenvalue weighted by atomic mass is 9.93. The molecule has 7 nitrogen and oxygen atoms in total. The predicted octanol–water partition coefficient (Wildman–Crippen LogP) is 7.76. The smallest absolute Gasteiger partial charge is 0.246 e. The minimum absolute atomic E-state index is 0.0835. The van der Waals surface area contributed by atoms with Gasteiger partial charge in [0.05, 0.1) is 24.5 Å². The number of hydrogen-bond donors (Lipinski definition) is 0. The molecule has 0 spiro atoms. The topological polar surface area (TPSA) is 67.8 Å². The van der Waals surface area contributed by atoms with E-state index in [2.05, 4.69) is 55.0 Å². The maximum atomic E-state index is 14.7. The molecule has 0 atom stereocenters. The first-order valence-electron chi connectivity index (χ1n) is 15.9. The Hall–Kier alpha value is -3.96. The number of aromatic nitrogens is 2. The van der Waals surface area contributed by atoms with Crippen LogP contribution >= 0.6 is 22.7 Å². The number of halogens is 1. The van der Waals surface area contributed by atoms with Crippen molar-refractivity contribution in [2.45, 2.75) is 45.8 Å². The fraction of sp³-hybridized carbons (Fsp3) is 0.324. The molecule has 5 heterocycles. The third kappa shape index (κ3) is 6.11. The van der Waals surface area contributed by atoms with E-state index in [1.807, 2.05) is 0 Å². The molecule has 0 fully saturated rings. The third-order valence-electron chi connectivity index (χ3n) is 9.04. The zero-order valence-corrected chi connectivity index (χ0v) is 28.5. The van der Waals surface area contributed by atoms with Crippen LogP contribution in [0, 0.1) is 5.82 Å². The van der Waals surface area contributed by atoms with Gasteiger partial charge in [0.1, 0.15) is 28.9 Å². The lowest BCUT2D eigenvalue weighted by Gasteiger charge is -2.32. The number of amides is 1. The molecule has 0 unspecified atom stereocenters. The molecule has 0 saturated carbocycles. The fourth-order valence-electron chi connectivity index (χ4n) is 6.48. The summed E-state index contributed by atoms with van der Waals surface area (Å²) in [7, 11) is 1.61. The molecule has 0 N–H and O–H groups in total. The molecule has 242 valence electrons. The van der Waals surface area contributed by atoms with Gasteiger partial charge < -0.3 is 14.4 Å². The molecule has 10 heteroatoms. The summed E-state index contributed by atoms with van der Waals surface area (Å²) in [5, 5.41) is 3.89. The molecular weight excluding hydrogens is 632 g/mol. The second-order valence-corrected chi connectivity index (χ2v) is 14.2. The summed E-state index contributed by atoms with van der Waals surface area (Å²) in [4.78, 5) is 28.4. The van der Waals surface area contributed by atoms with Gasteiger partial charge in [0.25, 0.3) is 0 Å². The van der Waals surface area contributed by atoms with E-state index in [1.54, 1.807) is 40.7 Å². The fourth-order valence-corrected chi connectivity index (χ4v) is 8.56. The quantitative estimate of drug-likeness (QED) is 0.118. The highest BCUT2D eigenvalue weighted by Crippen LogP contribution is 2.47. The first kappa shape index (κ1) is 31.6. The van der Waals surface area contributed by atoms with Crippen molar-refractivity contribution < 1.29 is 18.7 Å². The van der Waals surface area contributed by atoms with Crippen molar-refractivity contribution in [2.24, 2.45) is 0 Å². The van der Waals surface area contributed by atoms with Crippen LogP contribution in [0.3, 0.4) is 0 Å². The summed E-state index contributed by atoms with van der Waals surface area (Å²) in [6.45, 7) is 11.9. The van der Waals surface area contributed by atoms with Crippen LogP contribution in [-0.4, -0.2) is 65.1 Å². The van der Waals surface area contributed by atoms with Crippen LogP contribution in [0.2, 0.25) is 0 Å². The number of benzene rings is 2. The molecule has 3 aromatic heterocycles. The monoisotopic (exact) mass is 668 g/mol. The molecule has 0 saturated heterocycles. The van der Waals surface area contributed by atoms with Gasteiger partial charge in [0.15, 0.2) is 0 Å². The van der Waals surface area contributed by atoms with Crippen molar-refractivity contribution in [2.75, 3.05) is 33.4 Å². The molecule has 5 aromatic rings. The van der Waals surface area contributed by atoms with Crippen molar-refractivity contribution in [1.29, 1.82) is 0 Å². The van der Waals surface area contributed by atoms with Gasteiger partial charge in [0.2, 0.25) is 5.91 Å². The number of carbonyl (C=O) groups excluding carboxylic acids is 1. The number of rotatable bonds is 9. The van der Waals surface area contributed by atoms with E-state index in [0.717, 1.165) is 73.3 Å². The number of carbonyl (C=O) groups is 1. The van der Waals surface area contributed by atoms with Crippen molar-refractivity contribution in [3.05, 3.63) is 88.0 Å². The summed E-state index contributed by atoms with van der Waals surface area (Å²) in [6.07, 6.45) is 3.02. The molecule has 1 amide bonds. The Balaban J connectivity index is 1.41. The number of fused-ring (bicyclic) bond motifs is 3. The van der Waals surface area contributed by atoms with Gasteiger partial charge >= 0.3 is 0 Å². The lowest BCUT2D eigenvalue weighted by molar-refractivity contribution is -0.126. The van der Waals surface area contributed by atoms with E-state index in [-0.39, 0.29) is 18.3 Å². The zero-order valence-electron chi connectivity index (χ0n) is 26.8. The molecule has 0 radical (unpaired) electrons. The number of thiophene rings is 1. The number of hydrogen-bond acceptors (Lipinski definition) is 8. The van der Waals surface area contributed by atoms with Crippen LogP contribution in [0.1, 0.15) is 35.5 Å². The van der Waals surface area contributed by atoms with E-state index >= 15 is 0 Å². The van der Waals surface area contributed by atoms with Gasteiger partial charge in [-0.1, -0.05) is 18.7 Å². The van der Waals surface area contributed by atoms with Crippen molar-refractivity contribution >= 4 is 38.7 Å². The molecule has 47 heavy (non-hydrogen) atoms. The van der Waals surface area contributed by atoms with Crippen LogP contribution < -0.4 is 4.74 Å². The van der Waals surface area contributed by atoms with Crippen LogP contribution in [0.15, 0.2) is 60.5 Å². The predicted molar refractivity (Wildman–Crippen MR) is 187 cm³/mol.